The summed E-state index contributed by atoms with van der Waals surface area (Å²) >= 11 is 0. The Morgan fingerprint density at radius 3 is 2.50 bits per heavy atom. The second-order valence-corrected chi connectivity index (χ2v) is 10.9. The minimum Gasteiger partial charge on any atom is -0.491 e. The van der Waals surface area contributed by atoms with E-state index in [1.165, 1.54) is 12.8 Å². The van der Waals surface area contributed by atoms with Crippen LogP contribution in [0.5, 0.6) is 5.75 Å². The van der Waals surface area contributed by atoms with E-state index in [1.54, 1.807) is 11.0 Å². The van der Waals surface area contributed by atoms with Crippen molar-refractivity contribution in [1.82, 2.24) is 14.8 Å². The molecule has 0 saturated heterocycles. The van der Waals surface area contributed by atoms with Crippen LogP contribution in [0.2, 0.25) is 0 Å². The van der Waals surface area contributed by atoms with Crippen LogP contribution in [-0.4, -0.2) is 39.0 Å². The molecular weight excluding hydrogens is 454 g/mol. The van der Waals surface area contributed by atoms with Gasteiger partial charge < -0.3 is 23.9 Å². The number of nitrogens with one attached hydrogen (secondary N) is 1. The van der Waals surface area contributed by atoms with Crippen LogP contribution in [0.25, 0.3) is 11.1 Å². The van der Waals surface area contributed by atoms with Gasteiger partial charge >= 0.3 is 0 Å². The Hall–Kier alpha value is -3.22. The molecular formula is C29H37N3O4. The van der Waals surface area contributed by atoms with Crippen LogP contribution >= 0.6 is 0 Å². The Morgan fingerprint density at radius 2 is 1.83 bits per heavy atom. The van der Waals surface area contributed by atoms with E-state index in [0.717, 1.165) is 48.3 Å². The van der Waals surface area contributed by atoms with Crippen LogP contribution in [0.4, 0.5) is 0 Å². The van der Waals surface area contributed by atoms with Gasteiger partial charge in [-0.15, -0.1) is 0 Å². The molecule has 192 valence electrons. The summed E-state index contributed by atoms with van der Waals surface area (Å²) in [6, 6.07) is 11.7. The summed E-state index contributed by atoms with van der Waals surface area (Å²) in [4.78, 5) is 29.6. The fraction of sp³-hybridized carbons (Fsp3) is 0.517. The topological polar surface area (TPSA) is 76.7 Å². The number of furan rings is 1. The first-order chi connectivity index (χ1) is 17.2. The van der Waals surface area contributed by atoms with Gasteiger partial charge in [0, 0.05) is 24.7 Å². The van der Waals surface area contributed by atoms with E-state index in [2.05, 4.69) is 5.32 Å². The molecule has 2 amide bonds. The second kappa shape index (κ2) is 9.68. The monoisotopic (exact) mass is 491 g/mol. The molecule has 1 N–H and O–H groups in total. The highest BCUT2D eigenvalue weighted by Crippen LogP contribution is 2.35. The van der Waals surface area contributed by atoms with Crippen molar-refractivity contribution in [2.24, 2.45) is 0 Å². The van der Waals surface area contributed by atoms with Crippen molar-refractivity contribution in [2.75, 3.05) is 0 Å². The number of ether oxygens (including phenoxy) is 1. The Balaban J connectivity index is 1.48. The zero-order valence-corrected chi connectivity index (χ0v) is 21.8. The molecule has 2 aliphatic rings. The average molecular weight is 492 g/mol. The van der Waals surface area contributed by atoms with E-state index in [9.17, 15) is 9.59 Å². The molecule has 1 aromatic carbocycles. The van der Waals surface area contributed by atoms with E-state index < -0.39 is 5.54 Å². The van der Waals surface area contributed by atoms with Crippen molar-refractivity contribution >= 4 is 22.9 Å². The van der Waals surface area contributed by atoms with Gasteiger partial charge in [-0.25, -0.2) is 0 Å². The van der Waals surface area contributed by atoms with Crippen molar-refractivity contribution in [3.63, 3.8) is 0 Å². The quantitative estimate of drug-likeness (QED) is 0.457. The molecule has 36 heavy (non-hydrogen) atoms. The van der Waals surface area contributed by atoms with Crippen LogP contribution < -0.4 is 10.1 Å². The third kappa shape index (κ3) is 4.63. The largest absolute Gasteiger partial charge is 0.491 e. The van der Waals surface area contributed by atoms with Crippen molar-refractivity contribution in [2.45, 2.75) is 97.0 Å². The predicted octanol–water partition coefficient (Wildman–Crippen LogP) is 5.58. The third-order valence-electron chi connectivity index (χ3n) is 7.55. The highest BCUT2D eigenvalue weighted by atomic mass is 16.5. The molecule has 3 aromatic rings. The summed E-state index contributed by atoms with van der Waals surface area (Å²) < 4.78 is 13.6. The maximum atomic E-state index is 13.9. The molecule has 5 rings (SSSR count). The Labute approximate surface area is 212 Å². The zero-order valence-electron chi connectivity index (χ0n) is 21.8. The summed E-state index contributed by atoms with van der Waals surface area (Å²) in [7, 11) is 0. The van der Waals surface area contributed by atoms with Crippen LogP contribution in [0, 0.1) is 6.92 Å². The lowest BCUT2D eigenvalue weighted by molar-refractivity contribution is -0.134. The number of benzene rings is 1. The fourth-order valence-corrected chi connectivity index (χ4v) is 5.60. The summed E-state index contributed by atoms with van der Waals surface area (Å²) in [5.74, 6) is 1.33. The van der Waals surface area contributed by atoms with Gasteiger partial charge in [0.2, 0.25) is 5.91 Å². The molecule has 1 aliphatic carbocycles. The molecule has 0 spiro atoms. The highest BCUT2D eigenvalue weighted by Gasteiger charge is 2.48. The molecule has 0 radical (unpaired) electrons. The van der Waals surface area contributed by atoms with Gasteiger partial charge in [0.15, 0.2) is 5.58 Å². The normalized spacial score (nSPS) is 21.0. The second-order valence-electron chi connectivity index (χ2n) is 10.9. The molecule has 1 saturated carbocycles. The number of hydrogen-bond acceptors (Lipinski definition) is 4. The van der Waals surface area contributed by atoms with E-state index >= 15 is 0 Å². The zero-order chi connectivity index (χ0) is 25.4. The van der Waals surface area contributed by atoms with Crippen LogP contribution in [0.15, 0.2) is 40.8 Å². The smallest absolute Gasteiger partial charge is 0.271 e. The molecule has 7 nitrogen and oxygen atoms in total. The van der Waals surface area contributed by atoms with Crippen LogP contribution in [0.3, 0.4) is 0 Å². The van der Waals surface area contributed by atoms with Gasteiger partial charge in [-0.1, -0.05) is 37.8 Å². The van der Waals surface area contributed by atoms with Gasteiger partial charge in [-0.2, -0.15) is 0 Å². The lowest BCUT2D eigenvalue weighted by Gasteiger charge is -2.44. The van der Waals surface area contributed by atoms with Crippen LogP contribution in [-0.2, 0) is 17.9 Å². The minimum absolute atomic E-state index is 0.0878. The first-order valence-corrected chi connectivity index (χ1v) is 13.2. The number of amides is 2. The molecule has 3 heterocycles. The minimum atomic E-state index is -1.04. The molecule has 0 unspecified atom stereocenters. The summed E-state index contributed by atoms with van der Waals surface area (Å²) in [5.41, 5.74) is 2.01. The van der Waals surface area contributed by atoms with Crippen molar-refractivity contribution in [3.8, 4) is 5.75 Å². The number of nitrogens with zero attached hydrogens (tertiary/aromatic N) is 2. The fourth-order valence-electron chi connectivity index (χ4n) is 5.60. The standard InChI is InChI=1S/C29H37N3O4/c1-19(2)35-23-13-11-21(12-14-23)17-32-27(33)25-16-26-24(15-20(3)36-26)31(25)18-29(32,4)28(34)30-22-9-7-5-6-8-10-22/h11-16,19,22H,5-10,17-18H2,1-4H3,(H,30,34)/t29-/m0/s1. The van der Waals surface area contributed by atoms with E-state index in [0.29, 0.717) is 24.4 Å². The van der Waals surface area contributed by atoms with Gasteiger partial charge in [0.25, 0.3) is 5.91 Å². The van der Waals surface area contributed by atoms with Crippen molar-refractivity contribution < 1.29 is 18.7 Å². The number of carbonyl (C=O) groups excluding carboxylic acids is 2. The third-order valence-corrected chi connectivity index (χ3v) is 7.55. The predicted molar refractivity (Wildman–Crippen MR) is 139 cm³/mol. The number of rotatable bonds is 6. The highest BCUT2D eigenvalue weighted by molar-refractivity contribution is 6.03. The average Bonchev–Trinajstić information content (AvgIpc) is 3.22. The molecule has 0 bridgehead atoms. The lowest BCUT2D eigenvalue weighted by Crippen LogP contribution is -2.64. The summed E-state index contributed by atoms with van der Waals surface area (Å²) in [6.45, 7) is 8.49. The maximum Gasteiger partial charge on any atom is 0.271 e. The molecule has 1 fully saturated rings. The SMILES string of the molecule is Cc1cc2c(cc3n2C[C@@](C)(C(=O)NC2CCCCCC2)N(Cc2ccc(OC(C)C)cc2)C3=O)o1. The molecule has 7 heteroatoms. The van der Waals surface area contributed by atoms with Gasteiger partial charge in [0.1, 0.15) is 22.7 Å². The first-order valence-electron chi connectivity index (χ1n) is 13.2. The van der Waals surface area contributed by atoms with Crippen molar-refractivity contribution in [1.29, 1.82) is 0 Å². The lowest BCUT2D eigenvalue weighted by atomic mass is 9.93. The molecule has 2 aromatic heterocycles. The molecule has 1 aliphatic heterocycles. The summed E-state index contributed by atoms with van der Waals surface area (Å²) in [5, 5.41) is 3.32. The van der Waals surface area contributed by atoms with Gasteiger partial charge in [0.05, 0.1) is 18.2 Å². The van der Waals surface area contributed by atoms with E-state index in [4.69, 9.17) is 9.15 Å². The number of hydrogen-bond donors (Lipinski definition) is 1. The Morgan fingerprint density at radius 1 is 1.14 bits per heavy atom. The first kappa shape index (κ1) is 24.5. The number of aromatic nitrogens is 1. The number of fused-ring (bicyclic) bond motifs is 3. The van der Waals surface area contributed by atoms with Crippen molar-refractivity contribution in [3.05, 3.63) is 53.4 Å². The van der Waals surface area contributed by atoms with Crippen LogP contribution in [0.1, 0.15) is 81.1 Å². The van der Waals surface area contributed by atoms with E-state index in [-0.39, 0.29) is 24.0 Å². The van der Waals surface area contributed by atoms with E-state index in [1.807, 2.05) is 62.6 Å². The summed E-state index contributed by atoms with van der Waals surface area (Å²) in [6.07, 6.45) is 6.77. The number of carbonyl (C=O) groups is 2. The van der Waals surface area contributed by atoms with Gasteiger partial charge in [-0.3, -0.25) is 9.59 Å². The van der Waals surface area contributed by atoms with Gasteiger partial charge in [-0.05, 0) is 58.2 Å². The molecule has 1 atom stereocenters. The Kier molecular flexibility index (Phi) is 6.58. The number of aryl methyl sites for hydroxylation is 1. The Bertz CT molecular complexity index is 1250. The maximum absolute atomic E-state index is 13.9.